The Morgan fingerprint density at radius 1 is 1.13 bits per heavy atom. The van der Waals surface area contributed by atoms with Gasteiger partial charge < -0.3 is 9.47 Å². The average Bonchev–Trinajstić information content (AvgIpc) is 3.68. The van der Waals surface area contributed by atoms with Crippen molar-refractivity contribution in [2.24, 2.45) is 0 Å². The third kappa shape index (κ3) is 5.19. The first kappa shape index (κ1) is 26.3. The second-order valence-electron chi connectivity index (χ2n) is 9.67. The predicted molar refractivity (Wildman–Crippen MR) is 146 cm³/mol. The van der Waals surface area contributed by atoms with Gasteiger partial charge in [0.2, 0.25) is 5.91 Å². The first-order valence-electron chi connectivity index (χ1n) is 12.4. The van der Waals surface area contributed by atoms with E-state index in [1.807, 2.05) is 4.90 Å². The van der Waals surface area contributed by atoms with Gasteiger partial charge in [-0.15, -0.1) is 11.3 Å². The number of hydrogen-bond acceptors (Lipinski definition) is 6. The van der Waals surface area contributed by atoms with Crippen molar-refractivity contribution in [3.8, 4) is 5.69 Å². The van der Waals surface area contributed by atoms with Gasteiger partial charge in [-0.2, -0.15) is 4.72 Å². The van der Waals surface area contributed by atoms with Crippen molar-refractivity contribution in [2.75, 3.05) is 24.5 Å². The van der Waals surface area contributed by atoms with Gasteiger partial charge in [0, 0.05) is 53.5 Å². The lowest BCUT2D eigenvalue weighted by molar-refractivity contribution is -0.118. The number of imidazole rings is 1. The number of amides is 1. The number of sulfonamides is 1. The summed E-state index contributed by atoms with van der Waals surface area (Å²) in [5.74, 6) is -0.477. The van der Waals surface area contributed by atoms with E-state index in [4.69, 9.17) is 11.6 Å². The highest BCUT2D eigenvalue weighted by Gasteiger charge is 2.37. The van der Waals surface area contributed by atoms with Crippen molar-refractivity contribution >= 4 is 54.6 Å². The van der Waals surface area contributed by atoms with Gasteiger partial charge in [0.15, 0.2) is 0 Å². The van der Waals surface area contributed by atoms with Crippen LogP contribution in [0.4, 0.5) is 14.5 Å². The summed E-state index contributed by atoms with van der Waals surface area (Å²) in [6.07, 6.45) is 3.16. The summed E-state index contributed by atoms with van der Waals surface area (Å²) in [7, 11) is -3.98. The van der Waals surface area contributed by atoms with Crippen LogP contribution in [0.15, 0.2) is 59.1 Å². The molecular weight excluding hydrogens is 568 g/mol. The van der Waals surface area contributed by atoms with Gasteiger partial charge in [-0.25, -0.2) is 22.2 Å². The molecule has 2 fully saturated rings. The summed E-state index contributed by atoms with van der Waals surface area (Å²) in [6.45, 7) is 1.59. The van der Waals surface area contributed by atoms with E-state index < -0.39 is 34.0 Å². The zero-order valence-corrected chi connectivity index (χ0v) is 22.9. The molecule has 4 heterocycles. The Balaban J connectivity index is 1.17. The first-order valence-corrected chi connectivity index (χ1v) is 15.1. The molecule has 4 aromatic rings. The summed E-state index contributed by atoms with van der Waals surface area (Å²) in [5.41, 5.74) is 0.594. The molecule has 2 atom stereocenters. The number of halogens is 3. The molecule has 2 aliphatic rings. The Bertz CT molecular complexity index is 1680. The number of benzene rings is 2. The SMILES string of the molecule is O=C1C(NS(=O)(=O)c2cc3ccc(Cl)cc3s2)CCN1c1ccc(-n2ccnc2CN2CCC(F)C2)cc1F. The van der Waals surface area contributed by atoms with Gasteiger partial charge in [-0.3, -0.25) is 9.69 Å². The number of alkyl halides is 1. The molecule has 2 saturated heterocycles. The summed E-state index contributed by atoms with van der Waals surface area (Å²) < 4.78 is 60.0. The minimum absolute atomic E-state index is 0.0726. The maximum atomic E-state index is 15.3. The Hall–Kier alpha value is -2.90. The number of likely N-dealkylation sites (tertiary alicyclic amines) is 1. The van der Waals surface area contributed by atoms with E-state index in [1.165, 1.54) is 23.1 Å². The number of nitrogens with one attached hydrogen (secondary N) is 1. The third-order valence-electron chi connectivity index (χ3n) is 7.02. The number of hydrogen-bond donors (Lipinski definition) is 1. The van der Waals surface area contributed by atoms with Crippen LogP contribution in [-0.4, -0.2) is 60.6 Å². The number of aromatic nitrogens is 2. The minimum Gasteiger partial charge on any atom is -0.308 e. The highest BCUT2D eigenvalue weighted by molar-refractivity contribution is 7.91. The van der Waals surface area contributed by atoms with Gasteiger partial charge in [0.05, 0.1) is 12.2 Å². The van der Waals surface area contributed by atoms with Gasteiger partial charge >= 0.3 is 0 Å². The summed E-state index contributed by atoms with van der Waals surface area (Å²) in [6, 6.07) is 10.1. The first-order chi connectivity index (χ1) is 18.7. The molecular formula is C26H24ClF2N5O3S2. The second kappa shape index (κ2) is 10.3. The van der Waals surface area contributed by atoms with E-state index in [-0.39, 0.29) is 22.9 Å². The van der Waals surface area contributed by atoms with Crippen LogP contribution in [0.3, 0.4) is 0 Å². The Morgan fingerprint density at radius 2 is 1.97 bits per heavy atom. The van der Waals surface area contributed by atoms with Crippen LogP contribution < -0.4 is 9.62 Å². The summed E-state index contributed by atoms with van der Waals surface area (Å²) in [4.78, 5) is 20.7. The molecule has 2 aliphatic heterocycles. The monoisotopic (exact) mass is 591 g/mol. The van der Waals surface area contributed by atoms with E-state index in [1.54, 1.807) is 41.2 Å². The molecule has 8 nitrogen and oxygen atoms in total. The van der Waals surface area contributed by atoms with E-state index >= 15 is 4.39 Å². The fraction of sp³-hybridized carbons (Fsp3) is 0.308. The molecule has 6 rings (SSSR count). The quantitative estimate of drug-likeness (QED) is 0.342. The molecule has 2 aromatic heterocycles. The summed E-state index contributed by atoms with van der Waals surface area (Å²) >= 11 is 7.08. The second-order valence-corrected chi connectivity index (χ2v) is 13.1. The topological polar surface area (TPSA) is 87.5 Å². The largest absolute Gasteiger partial charge is 0.308 e. The fourth-order valence-corrected chi connectivity index (χ4v) is 7.98. The minimum atomic E-state index is -3.98. The highest BCUT2D eigenvalue weighted by Crippen LogP contribution is 2.32. The molecule has 2 aromatic carbocycles. The van der Waals surface area contributed by atoms with Crippen molar-refractivity contribution < 1.29 is 22.0 Å². The number of thiophene rings is 1. The third-order valence-corrected chi connectivity index (χ3v) is 10.3. The van der Waals surface area contributed by atoms with E-state index in [9.17, 15) is 17.6 Å². The average molecular weight is 592 g/mol. The molecule has 0 radical (unpaired) electrons. The Morgan fingerprint density at radius 3 is 2.74 bits per heavy atom. The van der Waals surface area contributed by atoms with Crippen LogP contribution in [0.25, 0.3) is 15.8 Å². The lowest BCUT2D eigenvalue weighted by Crippen LogP contribution is -2.41. The molecule has 0 bridgehead atoms. The van der Waals surface area contributed by atoms with Gasteiger partial charge in [-0.1, -0.05) is 17.7 Å². The molecule has 13 heteroatoms. The number of carbonyl (C=O) groups excluding carboxylic acids is 1. The molecule has 204 valence electrons. The highest BCUT2D eigenvalue weighted by atomic mass is 35.5. The summed E-state index contributed by atoms with van der Waals surface area (Å²) in [5, 5.41) is 1.24. The van der Waals surface area contributed by atoms with Crippen molar-refractivity contribution in [1.82, 2.24) is 19.2 Å². The van der Waals surface area contributed by atoms with Gasteiger partial charge in [0.25, 0.3) is 10.0 Å². The molecule has 0 spiro atoms. The molecule has 2 unspecified atom stereocenters. The normalized spacial score (nSPS) is 20.5. The Kier molecular flexibility index (Phi) is 6.92. The lowest BCUT2D eigenvalue weighted by atomic mass is 10.2. The van der Waals surface area contributed by atoms with E-state index in [0.29, 0.717) is 42.6 Å². The molecule has 0 aliphatic carbocycles. The van der Waals surface area contributed by atoms with Gasteiger partial charge in [0.1, 0.15) is 28.1 Å². The number of carbonyl (C=O) groups is 1. The number of rotatable bonds is 7. The predicted octanol–water partition coefficient (Wildman–Crippen LogP) is 4.51. The van der Waals surface area contributed by atoms with Crippen LogP contribution in [-0.2, 0) is 21.4 Å². The molecule has 0 saturated carbocycles. The van der Waals surface area contributed by atoms with Crippen LogP contribution in [0.1, 0.15) is 18.7 Å². The van der Waals surface area contributed by atoms with Crippen LogP contribution in [0.2, 0.25) is 5.02 Å². The molecule has 1 amide bonds. The van der Waals surface area contributed by atoms with Crippen molar-refractivity contribution in [3.05, 3.63) is 71.5 Å². The number of fused-ring (bicyclic) bond motifs is 1. The van der Waals surface area contributed by atoms with E-state index in [2.05, 4.69) is 9.71 Å². The van der Waals surface area contributed by atoms with Gasteiger partial charge in [-0.05, 0) is 48.6 Å². The standard InChI is InChI=1S/C26H24ClF2N5O3S2/c27-17-2-1-16-11-25(38-23(16)12-17)39(36,37)31-21-6-9-34(26(21)35)22-4-3-19(13-20(22)29)33-10-7-30-24(33)15-32-8-5-18(28)14-32/h1-4,7,10-13,18,21,31H,5-6,8-9,14-15H2. The lowest BCUT2D eigenvalue weighted by Gasteiger charge is -2.19. The maximum absolute atomic E-state index is 15.3. The van der Waals surface area contributed by atoms with Crippen LogP contribution >= 0.6 is 22.9 Å². The zero-order valence-electron chi connectivity index (χ0n) is 20.6. The van der Waals surface area contributed by atoms with Crippen LogP contribution in [0.5, 0.6) is 0 Å². The zero-order chi connectivity index (χ0) is 27.3. The van der Waals surface area contributed by atoms with E-state index in [0.717, 1.165) is 21.4 Å². The van der Waals surface area contributed by atoms with Crippen LogP contribution in [0, 0.1) is 5.82 Å². The van der Waals surface area contributed by atoms with Crippen molar-refractivity contribution in [1.29, 1.82) is 0 Å². The number of nitrogens with zero attached hydrogens (tertiary/aromatic N) is 4. The molecule has 1 N–H and O–H groups in total. The fourth-order valence-electron chi connectivity index (χ4n) is 5.07. The number of anilines is 1. The smallest absolute Gasteiger partial charge is 0.250 e. The van der Waals surface area contributed by atoms with Crippen molar-refractivity contribution in [3.63, 3.8) is 0 Å². The van der Waals surface area contributed by atoms with Crippen molar-refractivity contribution in [2.45, 2.75) is 35.8 Å². The molecule has 39 heavy (non-hydrogen) atoms. The maximum Gasteiger partial charge on any atom is 0.250 e. The Labute approximate surface area is 232 Å².